The number of methoxy groups -OCH3 is 2. The molecular formula is C24H30N2O3. The molecule has 0 radical (unpaired) electrons. The highest BCUT2D eigenvalue weighted by atomic mass is 16.5. The summed E-state index contributed by atoms with van der Waals surface area (Å²) in [6.45, 7) is 2.05. The van der Waals surface area contributed by atoms with Crippen LogP contribution < -0.4 is 14.8 Å². The van der Waals surface area contributed by atoms with Crippen LogP contribution in [0.1, 0.15) is 29.5 Å². The third kappa shape index (κ3) is 4.56. The first-order valence-electron chi connectivity index (χ1n) is 10.5. The second-order valence-corrected chi connectivity index (χ2v) is 8.09. The summed E-state index contributed by atoms with van der Waals surface area (Å²) in [5, 5.41) is 3.25. The standard InChI is InChI=1S/C24H30N2O3/c1-28-22-9-10-23(29-2)19(14-22)15-24(27)25-20-8-5-11-26(16-20)21-12-17-6-3-4-7-18(17)13-21/h3-4,6-7,9-10,14,20-21H,5,8,11-13,15-16H2,1-2H3,(H,25,27)/t20-/m0/s1. The Kier molecular flexibility index (Phi) is 6.05. The molecule has 1 aliphatic heterocycles. The van der Waals surface area contributed by atoms with Crippen LogP contribution in [0.25, 0.3) is 0 Å². The number of amides is 1. The molecule has 0 aromatic heterocycles. The summed E-state index contributed by atoms with van der Waals surface area (Å²) in [7, 11) is 3.26. The number of nitrogens with zero attached hydrogens (tertiary/aromatic N) is 1. The number of ether oxygens (including phenoxy) is 2. The Morgan fingerprint density at radius 3 is 2.55 bits per heavy atom. The Bertz CT molecular complexity index is 842. The molecule has 2 aromatic rings. The number of nitrogens with one attached hydrogen (secondary N) is 1. The van der Waals surface area contributed by atoms with Crippen molar-refractivity contribution in [1.82, 2.24) is 10.2 Å². The van der Waals surface area contributed by atoms with Crippen molar-refractivity contribution < 1.29 is 14.3 Å². The molecule has 5 nitrogen and oxygen atoms in total. The first-order valence-corrected chi connectivity index (χ1v) is 10.5. The minimum atomic E-state index is 0.0399. The Labute approximate surface area is 173 Å². The molecule has 1 atom stereocenters. The lowest BCUT2D eigenvalue weighted by molar-refractivity contribution is -0.121. The maximum Gasteiger partial charge on any atom is 0.224 e. The monoisotopic (exact) mass is 394 g/mol. The molecule has 2 aromatic carbocycles. The van der Waals surface area contributed by atoms with Crippen molar-refractivity contribution >= 4 is 5.91 Å². The fraction of sp³-hybridized carbons (Fsp3) is 0.458. The molecule has 2 aliphatic rings. The summed E-state index contributed by atoms with van der Waals surface area (Å²) in [6, 6.07) is 15.1. The van der Waals surface area contributed by atoms with E-state index in [9.17, 15) is 4.79 Å². The second kappa shape index (κ2) is 8.87. The molecule has 1 heterocycles. The maximum absolute atomic E-state index is 12.7. The molecule has 1 saturated heterocycles. The van der Waals surface area contributed by atoms with Crippen LogP contribution in [0.2, 0.25) is 0 Å². The number of likely N-dealkylation sites (tertiary alicyclic amines) is 1. The van der Waals surface area contributed by atoms with E-state index in [1.54, 1.807) is 14.2 Å². The van der Waals surface area contributed by atoms with E-state index < -0.39 is 0 Å². The van der Waals surface area contributed by atoms with Gasteiger partial charge in [-0.3, -0.25) is 9.69 Å². The Morgan fingerprint density at radius 1 is 1.10 bits per heavy atom. The summed E-state index contributed by atoms with van der Waals surface area (Å²) in [6.07, 6.45) is 4.71. The average molecular weight is 395 g/mol. The van der Waals surface area contributed by atoms with Gasteiger partial charge in [0.2, 0.25) is 5.91 Å². The Morgan fingerprint density at radius 2 is 1.86 bits per heavy atom. The van der Waals surface area contributed by atoms with E-state index in [0.29, 0.717) is 12.5 Å². The van der Waals surface area contributed by atoms with Crippen molar-refractivity contribution in [3.8, 4) is 11.5 Å². The van der Waals surface area contributed by atoms with E-state index in [-0.39, 0.29) is 11.9 Å². The number of fused-ring (bicyclic) bond motifs is 1. The van der Waals surface area contributed by atoms with Gasteiger partial charge in [0.05, 0.1) is 20.6 Å². The molecule has 1 aliphatic carbocycles. The minimum Gasteiger partial charge on any atom is -0.497 e. The smallest absolute Gasteiger partial charge is 0.224 e. The van der Waals surface area contributed by atoms with Gasteiger partial charge >= 0.3 is 0 Å². The van der Waals surface area contributed by atoms with Gasteiger partial charge < -0.3 is 14.8 Å². The average Bonchev–Trinajstić information content (AvgIpc) is 3.18. The number of benzene rings is 2. The second-order valence-electron chi connectivity index (χ2n) is 8.09. The van der Waals surface area contributed by atoms with Crippen LogP contribution in [0, 0.1) is 0 Å². The van der Waals surface area contributed by atoms with Crippen molar-refractivity contribution in [3.63, 3.8) is 0 Å². The summed E-state index contributed by atoms with van der Waals surface area (Å²) in [4.78, 5) is 15.3. The fourth-order valence-corrected chi connectivity index (χ4v) is 4.72. The summed E-state index contributed by atoms with van der Waals surface area (Å²) < 4.78 is 10.7. The molecule has 154 valence electrons. The predicted molar refractivity (Wildman–Crippen MR) is 114 cm³/mol. The van der Waals surface area contributed by atoms with Gasteiger partial charge in [-0.15, -0.1) is 0 Å². The highest BCUT2D eigenvalue weighted by Crippen LogP contribution is 2.28. The lowest BCUT2D eigenvalue weighted by atomic mass is 10.0. The van der Waals surface area contributed by atoms with E-state index in [2.05, 4.69) is 34.5 Å². The van der Waals surface area contributed by atoms with Crippen LogP contribution in [0.15, 0.2) is 42.5 Å². The van der Waals surface area contributed by atoms with Gasteiger partial charge in [0.15, 0.2) is 0 Å². The third-order valence-corrected chi connectivity index (χ3v) is 6.20. The highest BCUT2D eigenvalue weighted by Gasteiger charge is 2.30. The summed E-state index contributed by atoms with van der Waals surface area (Å²) in [5.74, 6) is 1.49. The van der Waals surface area contributed by atoms with Crippen LogP contribution in [-0.2, 0) is 24.1 Å². The lowest BCUT2D eigenvalue weighted by Crippen LogP contribution is -2.51. The lowest BCUT2D eigenvalue weighted by Gasteiger charge is -2.37. The molecule has 1 N–H and O–H groups in total. The van der Waals surface area contributed by atoms with Crippen molar-refractivity contribution in [2.75, 3.05) is 27.3 Å². The van der Waals surface area contributed by atoms with Crippen LogP contribution >= 0.6 is 0 Å². The number of carbonyl (C=O) groups is 1. The Hall–Kier alpha value is -2.53. The van der Waals surface area contributed by atoms with E-state index >= 15 is 0 Å². The van der Waals surface area contributed by atoms with Gasteiger partial charge in [-0.2, -0.15) is 0 Å². The zero-order valence-corrected chi connectivity index (χ0v) is 17.3. The van der Waals surface area contributed by atoms with E-state index in [0.717, 1.165) is 55.8 Å². The maximum atomic E-state index is 12.7. The quantitative estimate of drug-likeness (QED) is 0.818. The van der Waals surface area contributed by atoms with Crippen LogP contribution in [-0.4, -0.2) is 50.2 Å². The van der Waals surface area contributed by atoms with Crippen molar-refractivity contribution in [1.29, 1.82) is 0 Å². The normalized spacial score (nSPS) is 19.6. The fourth-order valence-electron chi connectivity index (χ4n) is 4.72. The van der Waals surface area contributed by atoms with Crippen molar-refractivity contribution in [3.05, 3.63) is 59.2 Å². The molecule has 1 fully saturated rings. The predicted octanol–water partition coefficient (Wildman–Crippen LogP) is 2.99. The Balaban J connectivity index is 1.35. The minimum absolute atomic E-state index is 0.0399. The van der Waals surface area contributed by atoms with E-state index in [4.69, 9.17) is 9.47 Å². The van der Waals surface area contributed by atoms with E-state index in [1.165, 1.54) is 11.1 Å². The molecule has 0 spiro atoms. The van der Waals surface area contributed by atoms with Gasteiger partial charge in [0.1, 0.15) is 11.5 Å². The molecule has 5 heteroatoms. The molecule has 0 bridgehead atoms. The first-order chi connectivity index (χ1) is 14.2. The number of piperidine rings is 1. The number of hydrogen-bond donors (Lipinski definition) is 1. The van der Waals surface area contributed by atoms with E-state index in [1.807, 2.05) is 18.2 Å². The molecule has 1 amide bonds. The third-order valence-electron chi connectivity index (χ3n) is 6.20. The molecule has 0 saturated carbocycles. The largest absolute Gasteiger partial charge is 0.497 e. The zero-order chi connectivity index (χ0) is 20.2. The molecule has 0 unspecified atom stereocenters. The van der Waals surface area contributed by atoms with Crippen LogP contribution in [0.4, 0.5) is 0 Å². The zero-order valence-electron chi connectivity index (χ0n) is 17.3. The van der Waals surface area contributed by atoms with Gasteiger partial charge in [0.25, 0.3) is 0 Å². The van der Waals surface area contributed by atoms with Gasteiger partial charge in [-0.05, 0) is 61.6 Å². The van der Waals surface area contributed by atoms with Crippen molar-refractivity contribution in [2.24, 2.45) is 0 Å². The first kappa shape index (κ1) is 19.8. The summed E-state index contributed by atoms with van der Waals surface area (Å²) in [5.41, 5.74) is 3.81. The topological polar surface area (TPSA) is 50.8 Å². The summed E-state index contributed by atoms with van der Waals surface area (Å²) >= 11 is 0. The SMILES string of the molecule is COc1ccc(OC)c(CC(=O)N[C@H]2CCCN(C3Cc4ccccc4C3)C2)c1. The molecule has 29 heavy (non-hydrogen) atoms. The van der Waals surface area contributed by atoms with Gasteiger partial charge in [-0.1, -0.05) is 24.3 Å². The number of carbonyl (C=O) groups excluding carboxylic acids is 1. The highest BCUT2D eigenvalue weighted by molar-refractivity contribution is 5.79. The molecule has 4 rings (SSSR count). The van der Waals surface area contributed by atoms with Gasteiger partial charge in [0, 0.05) is 24.2 Å². The van der Waals surface area contributed by atoms with Crippen LogP contribution in [0.3, 0.4) is 0 Å². The molecular weight excluding hydrogens is 364 g/mol. The number of rotatable bonds is 6. The number of hydrogen-bond acceptors (Lipinski definition) is 4. The van der Waals surface area contributed by atoms with Crippen LogP contribution in [0.5, 0.6) is 11.5 Å². The van der Waals surface area contributed by atoms with Gasteiger partial charge in [-0.25, -0.2) is 0 Å². The van der Waals surface area contributed by atoms with Crippen molar-refractivity contribution in [2.45, 2.75) is 44.2 Å².